The van der Waals surface area contributed by atoms with Gasteiger partial charge in [-0.2, -0.15) is 0 Å². The van der Waals surface area contributed by atoms with Gasteiger partial charge in [-0.15, -0.1) is 0 Å². The van der Waals surface area contributed by atoms with E-state index in [2.05, 4.69) is 5.32 Å². The van der Waals surface area contributed by atoms with Gasteiger partial charge < -0.3 is 5.11 Å². The van der Waals surface area contributed by atoms with Crippen molar-refractivity contribution in [3.05, 3.63) is 0 Å². The second kappa shape index (κ2) is 4.00. The van der Waals surface area contributed by atoms with Crippen LogP contribution in [0.3, 0.4) is 0 Å². The molecule has 1 aliphatic heterocycles. The molecular formula is C10H17NO4S. The number of carbonyl (C=O) groups is 1. The summed E-state index contributed by atoms with van der Waals surface area (Å²) < 4.78 is 22.6. The molecule has 0 aromatic rings. The molecule has 0 bridgehead atoms. The van der Waals surface area contributed by atoms with E-state index in [0.717, 1.165) is 19.3 Å². The van der Waals surface area contributed by atoms with Crippen molar-refractivity contribution >= 4 is 15.8 Å². The Morgan fingerprint density at radius 1 is 1.25 bits per heavy atom. The maximum atomic E-state index is 11.3. The van der Waals surface area contributed by atoms with Crippen LogP contribution in [0, 0.1) is 0 Å². The summed E-state index contributed by atoms with van der Waals surface area (Å²) in [6.07, 6.45) is 3.53. The lowest BCUT2D eigenvalue weighted by Crippen LogP contribution is -2.60. The summed E-state index contributed by atoms with van der Waals surface area (Å²) in [6.45, 7) is 0. The van der Waals surface area contributed by atoms with Crippen LogP contribution in [-0.4, -0.2) is 42.6 Å². The number of aliphatic carboxylic acids is 1. The van der Waals surface area contributed by atoms with E-state index in [9.17, 15) is 18.3 Å². The fourth-order valence-electron chi connectivity index (χ4n) is 2.25. The Labute approximate surface area is 95.1 Å². The molecule has 5 nitrogen and oxygen atoms in total. The fourth-order valence-corrected chi connectivity index (χ4v) is 3.77. The average molecular weight is 247 g/mol. The van der Waals surface area contributed by atoms with E-state index in [1.807, 2.05) is 0 Å². The van der Waals surface area contributed by atoms with Gasteiger partial charge in [0.2, 0.25) is 0 Å². The molecule has 2 fully saturated rings. The van der Waals surface area contributed by atoms with Gasteiger partial charge >= 0.3 is 5.97 Å². The number of carboxylic acids is 1. The van der Waals surface area contributed by atoms with Crippen molar-refractivity contribution in [2.45, 2.75) is 43.7 Å². The van der Waals surface area contributed by atoms with E-state index in [4.69, 9.17) is 0 Å². The van der Waals surface area contributed by atoms with E-state index >= 15 is 0 Å². The minimum atomic E-state index is -3.02. The standard InChI is InChI=1S/C10H17NO4S/c12-9(13)10(11-8-2-1-3-8)4-6-16(14,15)7-5-10/h8,11H,1-7H2,(H,12,13). The fraction of sp³-hybridized carbons (Fsp3) is 0.900. The molecule has 1 aliphatic carbocycles. The third-order valence-electron chi connectivity index (χ3n) is 3.67. The number of carboxylic acid groups (broad SMARTS) is 1. The molecule has 0 amide bonds. The number of rotatable bonds is 3. The lowest BCUT2D eigenvalue weighted by atomic mass is 9.85. The molecule has 16 heavy (non-hydrogen) atoms. The first-order valence-electron chi connectivity index (χ1n) is 5.65. The predicted octanol–water partition coefficient (Wildman–Crippen LogP) is 0.160. The van der Waals surface area contributed by atoms with Crippen molar-refractivity contribution in [3.8, 4) is 0 Å². The highest BCUT2D eigenvalue weighted by Gasteiger charge is 2.45. The Kier molecular flexibility index (Phi) is 2.96. The molecule has 0 unspecified atom stereocenters. The lowest BCUT2D eigenvalue weighted by Gasteiger charge is -2.40. The van der Waals surface area contributed by atoms with Crippen molar-refractivity contribution in [2.75, 3.05) is 11.5 Å². The number of sulfone groups is 1. The molecule has 2 rings (SSSR count). The molecule has 0 atom stereocenters. The molecule has 2 aliphatic rings. The predicted molar refractivity (Wildman–Crippen MR) is 59.0 cm³/mol. The van der Waals surface area contributed by atoms with Crippen molar-refractivity contribution in [1.29, 1.82) is 0 Å². The van der Waals surface area contributed by atoms with Gasteiger partial charge in [-0.3, -0.25) is 10.1 Å². The molecule has 1 heterocycles. The second-order valence-electron chi connectivity index (χ2n) is 4.81. The highest BCUT2D eigenvalue weighted by Crippen LogP contribution is 2.29. The third kappa shape index (κ3) is 2.22. The first-order valence-corrected chi connectivity index (χ1v) is 7.47. The second-order valence-corrected chi connectivity index (χ2v) is 7.11. The molecule has 92 valence electrons. The van der Waals surface area contributed by atoms with E-state index in [1.165, 1.54) is 0 Å². The van der Waals surface area contributed by atoms with Crippen LogP contribution in [0.1, 0.15) is 32.1 Å². The Bertz CT molecular complexity index is 372. The van der Waals surface area contributed by atoms with Crippen molar-refractivity contribution < 1.29 is 18.3 Å². The molecule has 6 heteroatoms. The van der Waals surface area contributed by atoms with E-state index < -0.39 is 21.3 Å². The van der Waals surface area contributed by atoms with Crippen LogP contribution < -0.4 is 5.32 Å². The largest absolute Gasteiger partial charge is 0.480 e. The van der Waals surface area contributed by atoms with Crippen LogP contribution >= 0.6 is 0 Å². The van der Waals surface area contributed by atoms with Gasteiger partial charge in [0.25, 0.3) is 0 Å². The highest BCUT2D eigenvalue weighted by atomic mass is 32.2. The maximum Gasteiger partial charge on any atom is 0.323 e. The first-order chi connectivity index (χ1) is 7.44. The van der Waals surface area contributed by atoms with Crippen LogP contribution in [0.25, 0.3) is 0 Å². The van der Waals surface area contributed by atoms with Gasteiger partial charge in [-0.05, 0) is 25.7 Å². The highest BCUT2D eigenvalue weighted by molar-refractivity contribution is 7.91. The average Bonchev–Trinajstić information content (AvgIpc) is 2.14. The minimum absolute atomic E-state index is 0.0149. The van der Waals surface area contributed by atoms with Crippen LogP contribution in [0.5, 0.6) is 0 Å². The summed E-state index contributed by atoms with van der Waals surface area (Å²) in [5, 5.41) is 12.4. The van der Waals surface area contributed by atoms with Gasteiger partial charge in [0.15, 0.2) is 0 Å². The Hall–Kier alpha value is -0.620. The molecule has 0 radical (unpaired) electrons. The monoisotopic (exact) mass is 247 g/mol. The summed E-state index contributed by atoms with van der Waals surface area (Å²) in [6, 6.07) is 0.261. The zero-order valence-corrected chi connectivity index (χ0v) is 9.92. The van der Waals surface area contributed by atoms with Crippen LogP contribution in [-0.2, 0) is 14.6 Å². The van der Waals surface area contributed by atoms with Crippen molar-refractivity contribution in [3.63, 3.8) is 0 Å². The summed E-state index contributed by atoms with van der Waals surface area (Å²) in [5.41, 5.74) is -1.00. The van der Waals surface area contributed by atoms with Gasteiger partial charge in [0, 0.05) is 6.04 Å². The molecule has 2 N–H and O–H groups in total. The van der Waals surface area contributed by atoms with Crippen LogP contribution in [0.15, 0.2) is 0 Å². The summed E-state index contributed by atoms with van der Waals surface area (Å²) in [7, 11) is -3.02. The molecule has 0 aromatic heterocycles. The summed E-state index contributed by atoms with van der Waals surface area (Å²) in [5.74, 6) is -0.938. The van der Waals surface area contributed by atoms with Crippen LogP contribution in [0.4, 0.5) is 0 Å². The topological polar surface area (TPSA) is 83.5 Å². The molecule has 0 aromatic carbocycles. The normalized spacial score (nSPS) is 28.2. The number of nitrogens with one attached hydrogen (secondary N) is 1. The zero-order valence-electron chi connectivity index (χ0n) is 9.11. The summed E-state index contributed by atoms with van der Waals surface area (Å²) in [4.78, 5) is 11.3. The number of hydrogen-bond donors (Lipinski definition) is 2. The molecule has 1 saturated heterocycles. The first kappa shape index (κ1) is 11.9. The van der Waals surface area contributed by atoms with Gasteiger partial charge in [0.05, 0.1) is 11.5 Å². The zero-order chi connectivity index (χ0) is 11.8. The van der Waals surface area contributed by atoms with Crippen molar-refractivity contribution in [1.82, 2.24) is 5.32 Å². The maximum absolute atomic E-state index is 11.3. The van der Waals surface area contributed by atoms with E-state index in [-0.39, 0.29) is 30.4 Å². The van der Waals surface area contributed by atoms with E-state index in [0.29, 0.717) is 0 Å². The van der Waals surface area contributed by atoms with Gasteiger partial charge in [0.1, 0.15) is 15.4 Å². The third-order valence-corrected chi connectivity index (χ3v) is 5.33. The molecule has 0 spiro atoms. The van der Waals surface area contributed by atoms with Gasteiger partial charge in [-0.1, -0.05) is 6.42 Å². The Morgan fingerprint density at radius 3 is 2.19 bits per heavy atom. The Balaban J connectivity index is 2.08. The lowest BCUT2D eigenvalue weighted by molar-refractivity contribution is -0.146. The molecule has 1 saturated carbocycles. The minimum Gasteiger partial charge on any atom is -0.480 e. The smallest absolute Gasteiger partial charge is 0.323 e. The van der Waals surface area contributed by atoms with Crippen LogP contribution in [0.2, 0.25) is 0 Å². The summed E-state index contributed by atoms with van der Waals surface area (Å²) >= 11 is 0. The number of hydrogen-bond acceptors (Lipinski definition) is 4. The SMILES string of the molecule is O=C(O)C1(NC2CCC2)CCS(=O)(=O)CC1. The Morgan fingerprint density at radius 2 is 1.81 bits per heavy atom. The quantitative estimate of drug-likeness (QED) is 0.742. The molecular weight excluding hydrogens is 230 g/mol. The van der Waals surface area contributed by atoms with Crippen molar-refractivity contribution in [2.24, 2.45) is 0 Å². The van der Waals surface area contributed by atoms with E-state index in [1.54, 1.807) is 0 Å². The van der Waals surface area contributed by atoms with Gasteiger partial charge in [-0.25, -0.2) is 8.42 Å².